The van der Waals surface area contributed by atoms with E-state index in [0.29, 0.717) is 41.8 Å². The van der Waals surface area contributed by atoms with Gasteiger partial charge in [-0.2, -0.15) is 0 Å². The molecule has 4 nitrogen and oxygen atoms in total. The van der Waals surface area contributed by atoms with Gasteiger partial charge in [-0.3, -0.25) is 0 Å². The third-order valence-corrected chi connectivity index (χ3v) is 9.61. The van der Waals surface area contributed by atoms with Gasteiger partial charge in [-0.25, -0.2) is 0 Å². The predicted molar refractivity (Wildman–Crippen MR) is 123 cm³/mol. The minimum Gasteiger partial charge on any atom is -0.390 e. The van der Waals surface area contributed by atoms with Crippen LogP contribution in [-0.2, 0) is 0 Å². The van der Waals surface area contributed by atoms with Crippen molar-refractivity contribution < 1.29 is 10.2 Å². The van der Waals surface area contributed by atoms with Crippen molar-refractivity contribution in [2.45, 2.75) is 133 Å². The summed E-state index contributed by atoms with van der Waals surface area (Å²) in [5.74, 6) is 2.00. The molecule has 0 bridgehead atoms. The number of hydrogen-bond donors (Lipinski definition) is 4. The molecule has 0 saturated heterocycles. The Balaban J connectivity index is 1.47. The molecule has 4 fully saturated rings. The van der Waals surface area contributed by atoms with Gasteiger partial charge in [0, 0.05) is 30.0 Å². The van der Waals surface area contributed by atoms with Gasteiger partial charge in [-0.15, -0.1) is 0 Å². The molecule has 0 amide bonds. The van der Waals surface area contributed by atoms with E-state index in [-0.39, 0.29) is 0 Å². The molecule has 0 heterocycles. The molecule has 0 radical (unpaired) electrons. The molecule has 4 N–H and O–H groups in total. The van der Waals surface area contributed by atoms with Crippen LogP contribution in [0.15, 0.2) is 0 Å². The van der Waals surface area contributed by atoms with Crippen molar-refractivity contribution in [2.24, 2.45) is 23.7 Å². The summed E-state index contributed by atoms with van der Waals surface area (Å²) in [5, 5.41) is 30.7. The second kappa shape index (κ2) is 9.37. The van der Waals surface area contributed by atoms with E-state index in [1.54, 1.807) is 0 Å². The summed E-state index contributed by atoms with van der Waals surface area (Å²) in [5.41, 5.74) is -0.940. The zero-order chi connectivity index (χ0) is 21.4. The Morgan fingerprint density at radius 1 is 0.767 bits per heavy atom. The van der Waals surface area contributed by atoms with E-state index >= 15 is 0 Å². The van der Waals surface area contributed by atoms with E-state index in [1.165, 1.54) is 57.8 Å². The number of hydrogen-bond acceptors (Lipinski definition) is 4. The minimum atomic E-state index is -0.493. The van der Waals surface area contributed by atoms with Crippen molar-refractivity contribution in [3.05, 3.63) is 0 Å². The Kier molecular flexibility index (Phi) is 7.19. The van der Waals surface area contributed by atoms with E-state index in [1.807, 2.05) is 0 Å². The fourth-order valence-corrected chi connectivity index (χ4v) is 8.33. The molecule has 4 rings (SSSR count). The maximum Gasteiger partial charge on any atom is 0.0693 e. The van der Waals surface area contributed by atoms with E-state index in [9.17, 15) is 10.2 Å². The smallest absolute Gasteiger partial charge is 0.0693 e. The average molecular weight is 421 g/mol. The summed E-state index contributed by atoms with van der Waals surface area (Å²) in [6, 6.07) is 1.36. The molecule has 4 aliphatic rings. The van der Waals surface area contributed by atoms with E-state index in [0.717, 1.165) is 32.1 Å². The summed E-state index contributed by atoms with van der Waals surface area (Å²) in [6.45, 7) is 4.47. The van der Waals surface area contributed by atoms with E-state index in [2.05, 4.69) is 31.5 Å². The van der Waals surface area contributed by atoms with Crippen molar-refractivity contribution in [1.29, 1.82) is 0 Å². The van der Waals surface area contributed by atoms with Crippen molar-refractivity contribution in [3.8, 4) is 0 Å². The highest BCUT2D eigenvalue weighted by Gasteiger charge is 2.53. The molecule has 4 saturated carbocycles. The highest BCUT2D eigenvalue weighted by molar-refractivity contribution is 5.06. The molecule has 0 aromatic rings. The third-order valence-electron chi connectivity index (χ3n) is 9.61. The van der Waals surface area contributed by atoms with Crippen molar-refractivity contribution in [3.63, 3.8) is 0 Å². The fraction of sp³-hybridized carbons (Fsp3) is 1.00. The largest absolute Gasteiger partial charge is 0.390 e. The molecule has 4 aliphatic carbocycles. The number of rotatable bonds is 6. The first-order chi connectivity index (χ1) is 14.4. The van der Waals surface area contributed by atoms with E-state index in [4.69, 9.17) is 0 Å². The SMILES string of the molecule is CN[C@H]1C(C2CCC(O)([C@H]3CCCC[C@H]3NC(C)C)C2)CCC[C@H]1C1(O)CCCC1. The highest BCUT2D eigenvalue weighted by Crippen LogP contribution is 2.52. The van der Waals surface area contributed by atoms with Gasteiger partial charge < -0.3 is 20.8 Å². The van der Waals surface area contributed by atoms with Crippen molar-refractivity contribution in [2.75, 3.05) is 7.05 Å². The van der Waals surface area contributed by atoms with Crippen LogP contribution < -0.4 is 10.6 Å². The maximum atomic E-state index is 11.9. The quantitative estimate of drug-likeness (QED) is 0.515. The Hall–Kier alpha value is -0.160. The lowest BCUT2D eigenvalue weighted by atomic mass is 9.64. The molecule has 7 atom stereocenters. The van der Waals surface area contributed by atoms with Gasteiger partial charge >= 0.3 is 0 Å². The molecule has 0 aliphatic heterocycles. The zero-order valence-electron chi connectivity index (χ0n) is 19.8. The summed E-state index contributed by atoms with van der Waals surface area (Å²) >= 11 is 0. The first kappa shape index (κ1) is 23.0. The lowest BCUT2D eigenvalue weighted by Gasteiger charge is -2.47. The lowest BCUT2D eigenvalue weighted by Crippen LogP contribution is -2.55. The fourth-order valence-electron chi connectivity index (χ4n) is 8.33. The minimum absolute atomic E-state index is 0.391. The van der Waals surface area contributed by atoms with Gasteiger partial charge in [-0.1, -0.05) is 46.0 Å². The van der Waals surface area contributed by atoms with Crippen LogP contribution in [0.5, 0.6) is 0 Å². The van der Waals surface area contributed by atoms with Crippen LogP contribution in [0.25, 0.3) is 0 Å². The van der Waals surface area contributed by atoms with Gasteiger partial charge in [0.2, 0.25) is 0 Å². The van der Waals surface area contributed by atoms with Crippen LogP contribution in [0.4, 0.5) is 0 Å². The van der Waals surface area contributed by atoms with Crippen LogP contribution in [0, 0.1) is 23.7 Å². The average Bonchev–Trinajstić information content (AvgIpc) is 3.35. The normalized spacial score (nSPS) is 44.6. The van der Waals surface area contributed by atoms with Gasteiger partial charge in [0.1, 0.15) is 0 Å². The zero-order valence-corrected chi connectivity index (χ0v) is 19.8. The van der Waals surface area contributed by atoms with Crippen molar-refractivity contribution >= 4 is 0 Å². The summed E-state index contributed by atoms with van der Waals surface area (Å²) < 4.78 is 0. The van der Waals surface area contributed by atoms with Crippen LogP contribution in [0.3, 0.4) is 0 Å². The molecule has 3 unspecified atom stereocenters. The maximum absolute atomic E-state index is 11.9. The molecular weight excluding hydrogens is 372 g/mol. The molecule has 0 spiro atoms. The number of aliphatic hydroxyl groups is 2. The van der Waals surface area contributed by atoms with Gasteiger partial charge in [0.05, 0.1) is 11.2 Å². The Bertz CT molecular complexity index is 561. The predicted octanol–water partition coefficient (Wildman–Crippen LogP) is 4.38. The first-order valence-electron chi connectivity index (χ1n) is 13.2. The lowest BCUT2D eigenvalue weighted by molar-refractivity contribution is -0.0661. The molecule has 174 valence electrons. The Morgan fingerprint density at radius 3 is 2.17 bits per heavy atom. The molecule has 0 aromatic carbocycles. The second-order valence-electron chi connectivity index (χ2n) is 11.8. The standard InChI is InChI=1S/C26H48N2O2/c1-18(2)28-23-12-5-4-10-21(23)26(30)16-13-19(17-26)20-9-8-11-22(24(20)27-3)25(29)14-6-7-15-25/h18-24,27-30H,4-17H2,1-3H3/t19?,20?,21-,22+,23+,24-,26?/m0/s1. The van der Waals surface area contributed by atoms with Crippen LogP contribution in [0.2, 0.25) is 0 Å². The van der Waals surface area contributed by atoms with Crippen molar-refractivity contribution in [1.82, 2.24) is 10.6 Å². The van der Waals surface area contributed by atoms with Crippen LogP contribution >= 0.6 is 0 Å². The van der Waals surface area contributed by atoms with Crippen LogP contribution in [-0.4, -0.2) is 46.6 Å². The topological polar surface area (TPSA) is 64.5 Å². The summed E-state index contributed by atoms with van der Waals surface area (Å²) in [7, 11) is 2.11. The monoisotopic (exact) mass is 420 g/mol. The number of nitrogens with one attached hydrogen (secondary N) is 2. The molecular formula is C26H48N2O2. The summed E-state index contributed by atoms with van der Waals surface area (Å²) in [4.78, 5) is 0. The third kappa shape index (κ3) is 4.49. The molecule has 0 aromatic heterocycles. The van der Waals surface area contributed by atoms with E-state index < -0.39 is 11.2 Å². The Labute approximate surface area is 185 Å². The van der Waals surface area contributed by atoms with Crippen LogP contribution in [0.1, 0.15) is 104 Å². The first-order valence-corrected chi connectivity index (χ1v) is 13.2. The van der Waals surface area contributed by atoms with Gasteiger partial charge in [0.15, 0.2) is 0 Å². The van der Waals surface area contributed by atoms with Gasteiger partial charge in [0.25, 0.3) is 0 Å². The molecule has 30 heavy (non-hydrogen) atoms. The summed E-state index contributed by atoms with van der Waals surface area (Å²) in [6.07, 6.45) is 16.1. The second-order valence-corrected chi connectivity index (χ2v) is 11.8. The van der Waals surface area contributed by atoms with Gasteiger partial charge in [-0.05, 0) is 76.7 Å². The molecule has 4 heteroatoms. The highest BCUT2D eigenvalue weighted by atomic mass is 16.3. The Morgan fingerprint density at radius 2 is 1.47 bits per heavy atom.